The number of carbonyl (C=O) groups excluding carboxylic acids is 2. The summed E-state index contributed by atoms with van der Waals surface area (Å²) in [6.45, 7) is 0. The van der Waals surface area contributed by atoms with Crippen LogP contribution < -0.4 is 5.32 Å². The van der Waals surface area contributed by atoms with E-state index in [9.17, 15) is 18.0 Å². The third-order valence-electron chi connectivity index (χ3n) is 3.97. The number of benzene rings is 2. The molecule has 0 bridgehead atoms. The van der Waals surface area contributed by atoms with Gasteiger partial charge in [-0.15, -0.1) is 0 Å². The second kappa shape index (κ2) is 8.79. The number of amides is 1. The number of sulfonamides is 1. The van der Waals surface area contributed by atoms with E-state index in [0.29, 0.717) is 0 Å². The summed E-state index contributed by atoms with van der Waals surface area (Å²) in [6, 6.07) is 13.9. The molecule has 0 aliphatic heterocycles. The number of nitrogens with one attached hydrogen (secondary N) is 1. The molecule has 2 aromatic rings. The Morgan fingerprint density at radius 3 is 2.15 bits per heavy atom. The van der Waals surface area contributed by atoms with Crippen LogP contribution in [0.3, 0.4) is 0 Å². The van der Waals surface area contributed by atoms with Crippen molar-refractivity contribution in [1.29, 1.82) is 0 Å². The van der Waals surface area contributed by atoms with E-state index in [2.05, 4.69) is 5.32 Å². The summed E-state index contributed by atoms with van der Waals surface area (Å²) in [7, 11) is 0.546. The van der Waals surface area contributed by atoms with Crippen LogP contribution in [0.25, 0.3) is 0 Å². The highest BCUT2D eigenvalue weighted by molar-refractivity contribution is 7.89. The number of esters is 1. The van der Waals surface area contributed by atoms with Gasteiger partial charge in [0.2, 0.25) is 10.0 Å². The van der Waals surface area contributed by atoms with Gasteiger partial charge in [0.05, 0.1) is 12.0 Å². The van der Waals surface area contributed by atoms with Crippen LogP contribution in [0.2, 0.25) is 0 Å². The predicted molar refractivity (Wildman–Crippen MR) is 101 cm³/mol. The maximum atomic E-state index is 12.5. The van der Waals surface area contributed by atoms with Crippen molar-refractivity contribution >= 4 is 21.9 Å². The zero-order valence-corrected chi connectivity index (χ0v) is 16.2. The van der Waals surface area contributed by atoms with Crippen molar-refractivity contribution in [1.82, 2.24) is 9.62 Å². The Kier molecular flexibility index (Phi) is 6.70. The summed E-state index contributed by atoms with van der Waals surface area (Å²) in [4.78, 5) is 24.6. The van der Waals surface area contributed by atoms with E-state index >= 15 is 0 Å². The SMILES string of the molecule is COC(=O)[C@H](Cc1ccccc1)NC(=O)c1ccc(S(=O)(=O)N(C)C)cc1. The van der Waals surface area contributed by atoms with Gasteiger partial charge in [-0.05, 0) is 29.8 Å². The van der Waals surface area contributed by atoms with Gasteiger partial charge in [-0.3, -0.25) is 4.79 Å². The van der Waals surface area contributed by atoms with Gasteiger partial charge in [0.15, 0.2) is 0 Å². The minimum absolute atomic E-state index is 0.0813. The zero-order valence-electron chi connectivity index (χ0n) is 15.4. The van der Waals surface area contributed by atoms with Gasteiger partial charge in [-0.2, -0.15) is 0 Å². The Labute approximate surface area is 159 Å². The third kappa shape index (κ3) is 5.15. The molecular formula is C19H22N2O5S. The molecule has 8 heteroatoms. The molecule has 0 unspecified atom stereocenters. The molecule has 0 aliphatic rings. The summed E-state index contributed by atoms with van der Waals surface area (Å²) in [5, 5.41) is 2.64. The van der Waals surface area contributed by atoms with Crippen LogP contribution in [-0.2, 0) is 26.0 Å². The molecule has 27 heavy (non-hydrogen) atoms. The molecule has 144 valence electrons. The first-order valence-electron chi connectivity index (χ1n) is 8.21. The van der Waals surface area contributed by atoms with E-state index in [1.54, 1.807) is 0 Å². The van der Waals surface area contributed by atoms with Gasteiger partial charge in [0, 0.05) is 26.1 Å². The summed E-state index contributed by atoms with van der Waals surface area (Å²) in [5.41, 5.74) is 1.12. The lowest BCUT2D eigenvalue weighted by Gasteiger charge is -2.17. The topological polar surface area (TPSA) is 92.8 Å². The maximum Gasteiger partial charge on any atom is 0.328 e. The number of hydrogen-bond donors (Lipinski definition) is 1. The van der Waals surface area contributed by atoms with E-state index in [4.69, 9.17) is 4.74 Å². The number of carbonyl (C=O) groups is 2. The molecule has 1 atom stereocenters. The minimum Gasteiger partial charge on any atom is -0.467 e. The van der Waals surface area contributed by atoms with Crippen LogP contribution in [0, 0.1) is 0 Å². The predicted octanol–water partition coefficient (Wildman–Crippen LogP) is 1.45. The molecule has 0 aliphatic carbocycles. The molecule has 2 aromatic carbocycles. The van der Waals surface area contributed by atoms with E-state index in [1.807, 2.05) is 30.3 Å². The van der Waals surface area contributed by atoms with E-state index in [1.165, 1.54) is 45.5 Å². The monoisotopic (exact) mass is 390 g/mol. The largest absolute Gasteiger partial charge is 0.467 e. The van der Waals surface area contributed by atoms with Gasteiger partial charge < -0.3 is 10.1 Å². The first-order valence-corrected chi connectivity index (χ1v) is 9.65. The number of hydrogen-bond acceptors (Lipinski definition) is 5. The Bertz CT molecular complexity index is 893. The highest BCUT2D eigenvalue weighted by Crippen LogP contribution is 2.14. The first-order chi connectivity index (χ1) is 12.8. The highest BCUT2D eigenvalue weighted by atomic mass is 32.2. The fourth-order valence-corrected chi connectivity index (χ4v) is 3.32. The maximum absolute atomic E-state index is 12.5. The molecule has 0 spiro atoms. The normalized spacial score (nSPS) is 12.4. The number of rotatable bonds is 7. The second-order valence-corrected chi connectivity index (χ2v) is 8.20. The molecule has 0 saturated heterocycles. The van der Waals surface area contributed by atoms with E-state index in [-0.39, 0.29) is 16.9 Å². The van der Waals surface area contributed by atoms with Crippen LogP contribution >= 0.6 is 0 Å². The Hall–Kier alpha value is -2.71. The average molecular weight is 390 g/mol. The number of methoxy groups -OCH3 is 1. The van der Waals surface area contributed by atoms with Crippen molar-refractivity contribution in [3.8, 4) is 0 Å². The molecule has 0 fully saturated rings. The molecule has 1 amide bonds. The Morgan fingerprint density at radius 2 is 1.63 bits per heavy atom. The molecule has 0 radical (unpaired) electrons. The van der Waals surface area contributed by atoms with Gasteiger partial charge in [0.1, 0.15) is 6.04 Å². The van der Waals surface area contributed by atoms with Gasteiger partial charge in [-0.1, -0.05) is 30.3 Å². The molecular weight excluding hydrogens is 368 g/mol. The number of ether oxygens (including phenoxy) is 1. The molecule has 0 saturated carbocycles. The Morgan fingerprint density at radius 1 is 1.04 bits per heavy atom. The van der Waals surface area contributed by atoms with Crippen LogP contribution in [0.4, 0.5) is 0 Å². The minimum atomic E-state index is -3.57. The van der Waals surface area contributed by atoms with Crippen LogP contribution in [0.5, 0.6) is 0 Å². The molecule has 2 rings (SSSR count). The van der Waals surface area contributed by atoms with Crippen molar-refractivity contribution in [3.63, 3.8) is 0 Å². The standard InChI is InChI=1S/C19H22N2O5S/c1-21(2)27(24,25)16-11-9-15(10-12-16)18(22)20-17(19(23)26-3)13-14-7-5-4-6-8-14/h4-12,17H,13H2,1-3H3,(H,20,22)/t17-/m0/s1. The van der Waals surface area contributed by atoms with Crippen molar-refractivity contribution in [2.45, 2.75) is 17.4 Å². The van der Waals surface area contributed by atoms with Crippen molar-refractivity contribution in [2.75, 3.05) is 21.2 Å². The zero-order chi connectivity index (χ0) is 20.0. The number of nitrogens with zero attached hydrogens (tertiary/aromatic N) is 1. The van der Waals surface area contributed by atoms with Gasteiger partial charge in [0.25, 0.3) is 5.91 Å². The highest BCUT2D eigenvalue weighted by Gasteiger charge is 2.23. The summed E-state index contributed by atoms with van der Waals surface area (Å²) in [5.74, 6) is -1.05. The van der Waals surface area contributed by atoms with E-state index in [0.717, 1.165) is 9.87 Å². The van der Waals surface area contributed by atoms with Crippen molar-refractivity contribution in [3.05, 3.63) is 65.7 Å². The smallest absolute Gasteiger partial charge is 0.328 e. The van der Waals surface area contributed by atoms with Crippen LogP contribution in [0.15, 0.2) is 59.5 Å². The lowest BCUT2D eigenvalue weighted by atomic mass is 10.1. The van der Waals surface area contributed by atoms with Crippen molar-refractivity contribution in [2.24, 2.45) is 0 Å². The average Bonchev–Trinajstić information content (AvgIpc) is 2.67. The van der Waals surface area contributed by atoms with Crippen LogP contribution in [-0.4, -0.2) is 51.8 Å². The molecule has 7 nitrogen and oxygen atoms in total. The van der Waals surface area contributed by atoms with Crippen LogP contribution in [0.1, 0.15) is 15.9 Å². The lowest BCUT2D eigenvalue weighted by molar-refractivity contribution is -0.142. The first kappa shape index (κ1) is 20.6. The van der Waals surface area contributed by atoms with Crippen molar-refractivity contribution < 1.29 is 22.7 Å². The van der Waals surface area contributed by atoms with Gasteiger partial charge in [-0.25, -0.2) is 17.5 Å². The van der Waals surface area contributed by atoms with E-state index < -0.39 is 27.9 Å². The fourth-order valence-electron chi connectivity index (χ4n) is 2.42. The molecule has 0 heterocycles. The third-order valence-corrected chi connectivity index (χ3v) is 5.80. The summed E-state index contributed by atoms with van der Waals surface area (Å²) < 4.78 is 30.0. The second-order valence-electron chi connectivity index (χ2n) is 6.05. The molecule has 0 aromatic heterocycles. The van der Waals surface area contributed by atoms with Gasteiger partial charge >= 0.3 is 5.97 Å². The quantitative estimate of drug-likeness (QED) is 0.723. The lowest BCUT2D eigenvalue weighted by Crippen LogP contribution is -2.43. The fraction of sp³-hybridized carbons (Fsp3) is 0.263. The Balaban J connectivity index is 2.16. The molecule has 1 N–H and O–H groups in total. The summed E-state index contributed by atoms with van der Waals surface area (Å²) >= 11 is 0. The summed E-state index contributed by atoms with van der Waals surface area (Å²) in [6.07, 6.45) is 0.284.